The van der Waals surface area contributed by atoms with Crippen molar-refractivity contribution in [2.24, 2.45) is 5.92 Å². The quantitative estimate of drug-likeness (QED) is 0.701. The number of hydrogen-bond donors (Lipinski definition) is 0. The smallest absolute Gasteiger partial charge is 0.185 e. The molecule has 142 valence electrons. The van der Waals surface area contributed by atoms with E-state index in [2.05, 4.69) is 83.3 Å². The molecule has 0 atom stereocenters. The van der Waals surface area contributed by atoms with Crippen LogP contribution in [0.5, 0.6) is 0 Å². The summed E-state index contributed by atoms with van der Waals surface area (Å²) in [7, 11) is 0. The molecule has 1 saturated heterocycles. The van der Waals surface area contributed by atoms with E-state index in [-0.39, 0.29) is 0 Å². The Labute approximate surface area is 163 Å². The van der Waals surface area contributed by atoms with Gasteiger partial charge in [0.15, 0.2) is 4.77 Å². The molecular formula is C21H32N4S. The molecule has 0 amide bonds. The summed E-state index contributed by atoms with van der Waals surface area (Å²) < 4.78 is 5.23. The standard InChI is InChI=1S/C21H32N4S/c1-17(2)15-22-9-11-23(12-10-22)16-24-13-14-25(21(24)26)20-8-6-5-7-19(20)18(3)4/h5-8,13-14,17-18H,9-12,15-16H2,1-4H3. The van der Waals surface area contributed by atoms with E-state index in [0.717, 1.165) is 43.5 Å². The third kappa shape index (κ3) is 4.45. The summed E-state index contributed by atoms with van der Waals surface area (Å²) in [5, 5.41) is 0. The fourth-order valence-electron chi connectivity index (χ4n) is 3.74. The molecule has 0 bridgehead atoms. The van der Waals surface area contributed by atoms with Crippen LogP contribution in [-0.4, -0.2) is 51.7 Å². The number of nitrogens with zero attached hydrogens (tertiary/aromatic N) is 4. The van der Waals surface area contributed by atoms with Crippen molar-refractivity contribution in [1.82, 2.24) is 18.9 Å². The Hall–Kier alpha value is -1.43. The molecule has 1 aliphatic heterocycles. The summed E-state index contributed by atoms with van der Waals surface area (Å²) in [6.45, 7) is 15.7. The molecule has 26 heavy (non-hydrogen) atoms. The molecule has 0 saturated carbocycles. The monoisotopic (exact) mass is 372 g/mol. The summed E-state index contributed by atoms with van der Waals surface area (Å²) >= 11 is 5.79. The van der Waals surface area contributed by atoms with E-state index in [4.69, 9.17) is 12.2 Å². The van der Waals surface area contributed by atoms with Gasteiger partial charge in [-0.05, 0) is 35.7 Å². The van der Waals surface area contributed by atoms with Crippen molar-refractivity contribution in [2.45, 2.75) is 40.3 Å². The number of hydrogen-bond acceptors (Lipinski definition) is 3. The minimum Gasteiger partial charge on any atom is -0.310 e. The molecule has 1 aromatic heterocycles. The molecule has 2 heterocycles. The highest BCUT2D eigenvalue weighted by Gasteiger charge is 2.18. The summed E-state index contributed by atoms with van der Waals surface area (Å²) in [5.41, 5.74) is 2.54. The maximum absolute atomic E-state index is 5.79. The van der Waals surface area contributed by atoms with Crippen molar-refractivity contribution in [3.05, 3.63) is 47.0 Å². The molecule has 1 aromatic carbocycles. The highest BCUT2D eigenvalue weighted by atomic mass is 32.1. The van der Waals surface area contributed by atoms with Gasteiger partial charge in [-0.2, -0.15) is 0 Å². The Morgan fingerprint density at radius 2 is 1.58 bits per heavy atom. The second kappa shape index (κ2) is 8.51. The van der Waals surface area contributed by atoms with Crippen LogP contribution in [0.4, 0.5) is 0 Å². The van der Waals surface area contributed by atoms with Crippen LogP contribution < -0.4 is 0 Å². The van der Waals surface area contributed by atoms with Crippen molar-refractivity contribution in [1.29, 1.82) is 0 Å². The molecule has 0 radical (unpaired) electrons. The highest BCUT2D eigenvalue weighted by molar-refractivity contribution is 7.71. The summed E-state index contributed by atoms with van der Waals surface area (Å²) in [6, 6.07) is 8.57. The third-order valence-corrected chi connectivity index (χ3v) is 5.54. The number of benzene rings is 1. The molecule has 1 aliphatic rings. The molecule has 0 aliphatic carbocycles. The van der Waals surface area contributed by atoms with Crippen molar-refractivity contribution in [3.8, 4) is 5.69 Å². The molecular weight excluding hydrogens is 340 g/mol. The lowest BCUT2D eigenvalue weighted by atomic mass is 10.0. The fraction of sp³-hybridized carbons (Fsp3) is 0.571. The second-order valence-electron chi connectivity index (χ2n) is 8.09. The maximum atomic E-state index is 5.79. The number of rotatable bonds is 6. The minimum absolute atomic E-state index is 0.477. The molecule has 0 N–H and O–H groups in total. The first kappa shape index (κ1) is 19.3. The minimum atomic E-state index is 0.477. The van der Waals surface area contributed by atoms with Gasteiger partial charge in [-0.25, -0.2) is 0 Å². The Morgan fingerprint density at radius 1 is 0.923 bits per heavy atom. The first-order valence-electron chi connectivity index (χ1n) is 9.77. The Morgan fingerprint density at radius 3 is 2.23 bits per heavy atom. The zero-order valence-corrected chi connectivity index (χ0v) is 17.4. The van der Waals surface area contributed by atoms with Crippen molar-refractivity contribution in [3.63, 3.8) is 0 Å². The van der Waals surface area contributed by atoms with Gasteiger partial charge in [0.2, 0.25) is 0 Å². The van der Waals surface area contributed by atoms with Crippen molar-refractivity contribution < 1.29 is 0 Å². The average molecular weight is 373 g/mol. The largest absolute Gasteiger partial charge is 0.310 e. The van der Waals surface area contributed by atoms with Crippen LogP contribution >= 0.6 is 12.2 Å². The van der Waals surface area contributed by atoms with Gasteiger partial charge in [0.1, 0.15) is 0 Å². The molecule has 4 nitrogen and oxygen atoms in total. The number of imidazole rings is 1. The Balaban J connectivity index is 1.70. The molecule has 0 unspecified atom stereocenters. The van der Waals surface area contributed by atoms with E-state index < -0.39 is 0 Å². The van der Waals surface area contributed by atoms with Gasteiger partial charge in [-0.3, -0.25) is 9.47 Å². The van der Waals surface area contributed by atoms with E-state index in [9.17, 15) is 0 Å². The lowest BCUT2D eigenvalue weighted by molar-refractivity contribution is 0.0991. The zero-order chi connectivity index (χ0) is 18.7. The molecule has 5 heteroatoms. The van der Waals surface area contributed by atoms with E-state index in [1.54, 1.807) is 0 Å². The maximum Gasteiger partial charge on any atom is 0.185 e. The summed E-state index contributed by atoms with van der Waals surface area (Å²) in [4.78, 5) is 5.08. The van der Waals surface area contributed by atoms with Crippen LogP contribution in [-0.2, 0) is 6.67 Å². The van der Waals surface area contributed by atoms with Crippen LogP contribution in [0.2, 0.25) is 0 Å². The van der Waals surface area contributed by atoms with E-state index >= 15 is 0 Å². The average Bonchev–Trinajstić information content (AvgIpc) is 2.96. The SMILES string of the molecule is CC(C)CN1CCN(Cn2ccn(-c3ccccc3C(C)C)c2=S)CC1. The number of piperazine rings is 1. The van der Waals surface area contributed by atoms with E-state index in [0.29, 0.717) is 5.92 Å². The van der Waals surface area contributed by atoms with Crippen LogP contribution in [0.25, 0.3) is 5.69 Å². The van der Waals surface area contributed by atoms with Crippen molar-refractivity contribution >= 4 is 12.2 Å². The van der Waals surface area contributed by atoms with Gasteiger partial charge in [-0.15, -0.1) is 0 Å². The predicted octanol–water partition coefficient (Wildman–Crippen LogP) is 4.36. The van der Waals surface area contributed by atoms with Gasteiger partial charge in [0.05, 0.1) is 12.4 Å². The lowest BCUT2D eigenvalue weighted by Gasteiger charge is -2.35. The highest BCUT2D eigenvalue weighted by Crippen LogP contribution is 2.23. The normalized spacial score (nSPS) is 16.7. The number of aromatic nitrogens is 2. The molecule has 3 rings (SSSR count). The molecule has 2 aromatic rings. The van der Waals surface area contributed by atoms with Gasteiger partial charge >= 0.3 is 0 Å². The second-order valence-corrected chi connectivity index (χ2v) is 8.45. The van der Waals surface area contributed by atoms with Crippen LogP contribution in [0, 0.1) is 10.7 Å². The zero-order valence-electron chi connectivity index (χ0n) is 16.6. The van der Waals surface area contributed by atoms with Crippen molar-refractivity contribution in [2.75, 3.05) is 32.7 Å². The van der Waals surface area contributed by atoms with Gasteiger partial charge < -0.3 is 9.47 Å². The van der Waals surface area contributed by atoms with Crippen LogP contribution in [0.15, 0.2) is 36.7 Å². The third-order valence-electron chi connectivity index (χ3n) is 5.11. The molecule has 0 spiro atoms. The Bertz CT molecular complexity index is 766. The summed E-state index contributed by atoms with van der Waals surface area (Å²) in [6.07, 6.45) is 4.23. The van der Waals surface area contributed by atoms with Gasteiger partial charge in [-0.1, -0.05) is 45.9 Å². The van der Waals surface area contributed by atoms with E-state index in [1.165, 1.54) is 17.8 Å². The first-order valence-corrected chi connectivity index (χ1v) is 10.2. The van der Waals surface area contributed by atoms with Gasteiger partial charge in [0, 0.05) is 45.1 Å². The Kier molecular flexibility index (Phi) is 6.33. The molecule has 1 fully saturated rings. The first-order chi connectivity index (χ1) is 12.5. The topological polar surface area (TPSA) is 16.3 Å². The van der Waals surface area contributed by atoms with Gasteiger partial charge in [0.25, 0.3) is 0 Å². The van der Waals surface area contributed by atoms with Crippen LogP contribution in [0.1, 0.15) is 39.2 Å². The fourth-order valence-corrected chi connectivity index (χ4v) is 4.02. The lowest BCUT2D eigenvalue weighted by Crippen LogP contribution is -2.47. The predicted molar refractivity (Wildman–Crippen MR) is 112 cm³/mol. The van der Waals surface area contributed by atoms with Crippen LogP contribution in [0.3, 0.4) is 0 Å². The number of para-hydroxylation sites is 1. The van der Waals surface area contributed by atoms with E-state index in [1.807, 2.05) is 0 Å². The summed E-state index contributed by atoms with van der Waals surface area (Å²) in [5.74, 6) is 1.22.